The van der Waals surface area contributed by atoms with E-state index in [0.29, 0.717) is 0 Å². The van der Waals surface area contributed by atoms with Crippen molar-refractivity contribution in [3.05, 3.63) is 53.0 Å². The normalized spacial score (nSPS) is 12.0. The number of nitrogens with zero attached hydrogens (tertiary/aromatic N) is 3. The minimum Gasteiger partial charge on any atom is -0.481 e. The van der Waals surface area contributed by atoms with Crippen molar-refractivity contribution in [2.24, 2.45) is 5.73 Å². The van der Waals surface area contributed by atoms with Gasteiger partial charge in [0.25, 0.3) is 5.88 Å². The second-order valence-corrected chi connectivity index (χ2v) is 6.19. The second kappa shape index (κ2) is 8.28. The number of aromatic nitrogens is 3. The molecule has 3 rings (SSSR count). The fourth-order valence-corrected chi connectivity index (χ4v) is 2.44. The number of rotatable bonds is 7. The van der Waals surface area contributed by atoms with Gasteiger partial charge in [-0.2, -0.15) is 4.98 Å². The van der Waals surface area contributed by atoms with E-state index < -0.39 is 23.6 Å². The molecule has 0 aliphatic rings. The molecular formula is C17H13ClF2N4O4. The van der Waals surface area contributed by atoms with Crippen LogP contribution in [0.3, 0.4) is 0 Å². The Morgan fingerprint density at radius 1 is 1.32 bits per heavy atom. The summed E-state index contributed by atoms with van der Waals surface area (Å²) < 4.78 is 38.3. The first-order chi connectivity index (χ1) is 13.3. The number of carboxylic acid groups (broad SMARTS) is 1. The number of hydrogen-bond donors (Lipinski definition) is 2. The summed E-state index contributed by atoms with van der Waals surface area (Å²) in [6.07, 6.45) is 0.956. The summed E-state index contributed by atoms with van der Waals surface area (Å²) in [5, 5.41) is 12.5. The minimum atomic E-state index is -1.06. The van der Waals surface area contributed by atoms with Crippen LogP contribution in [-0.4, -0.2) is 32.2 Å². The van der Waals surface area contributed by atoms with Crippen LogP contribution in [0, 0.1) is 11.6 Å². The summed E-state index contributed by atoms with van der Waals surface area (Å²) in [5.74, 6) is -2.91. The highest BCUT2D eigenvalue weighted by Gasteiger charge is 2.18. The van der Waals surface area contributed by atoms with Crippen LogP contribution < -0.4 is 10.5 Å². The molecule has 1 unspecified atom stereocenters. The molecule has 0 radical (unpaired) electrons. The molecule has 3 N–H and O–H groups in total. The molecule has 0 fully saturated rings. The Morgan fingerprint density at radius 2 is 2.11 bits per heavy atom. The molecule has 146 valence electrons. The van der Waals surface area contributed by atoms with Gasteiger partial charge in [-0.3, -0.25) is 4.79 Å². The molecule has 0 aliphatic carbocycles. The van der Waals surface area contributed by atoms with E-state index in [1.54, 1.807) is 0 Å². The van der Waals surface area contributed by atoms with Gasteiger partial charge in [0.2, 0.25) is 11.7 Å². The Bertz CT molecular complexity index is 1010. The van der Waals surface area contributed by atoms with Gasteiger partial charge in [0, 0.05) is 24.7 Å². The fourth-order valence-electron chi connectivity index (χ4n) is 2.30. The van der Waals surface area contributed by atoms with Crippen molar-refractivity contribution in [3.8, 4) is 23.0 Å². The third kappa shape index (κ3) is 4.78. The summed E-state index contributed by atoms with van der Waals surface area (Å²) in [4.78, 5) is 18.3. The molecule has 0 bridgehead atoms. The maximum absolute atomic E-state index is 14.4. The van der Waals surface area contributed by atoms with E-state index >= 15 is 0 Å². The van der Waals surface area contributed by atoms with E-state index in [0.717, 1.165) is 12.1 Å². The van der Waals surface area contributed by atoms with Crippen molar-refractivity contribution in [1.82, 2.24) is 15.1 Å². The number of carboxylic acids is 1. The van der Waals surface area contributed by atoms with Crippen molar-refractivity contribution in [2.45, 2.75) is 18.9 Å². The van der Waals surface area contributed by atoms with Gasteiger partial charge in [-0.1, -0.05) is 16.8 Å². The summed E-state index contributed by atoms with van der Waals surface area (Å²) >= 11 is 5.61. The van der Waals surface area contributed by atoms with Crippen molar-refractivity contribution >= 4 is 17.6 Å². The zero-order chi connectivity index (χ0) is 20.3. The zero-order valence-electron chi connectivity index (χ0n) is 14.1. The van der Waals surface area contributed by atoms with Crippen LogP contribution >= 0.6 is 11.6 Å². The number of aliphatic carboxylic acids is 1. The first-order valence-electron chi connectivity index (χ1n) is 7.90. The fraction of sp³-hybridized carbons (Fsp3) is 0.176. The molecule has 2 heterocycles. The second-order valence-electron chi connectivity index (χ2n) is 5.76. The third-order valence-electron chi connectivity index (χ3n) is 3.51. The average molecular weight is 411 g/mol. The first-order valence-corrected chi connectivity index (χ1v) is 8.28. The number of benzene rings is 1. The number of ether oxygens (including phenoxy) is 1. The average Bonchev–Trinajstić information content (AvgIpc) is 3.04. The van der Waals surface area contributed by atoms with Gasteiger partial charge >= 0.3 is 5.97 Å². The maximum Gasteiger partial charge on any atom is 0.304 e. The van der Waals surface area contributed by atoms with E-state index in [2.05, 4.69) is 15.1 Å². The summed E-state index contributed by atoms with van der Waals surface area (Å²) in [6, 6.07) is 4.01. The maximum atomic E-state index is 14.4. The standard InChI is InChI=1S/C17H13ClF2N4O4/c18-8-3-13(20)17(22-7-8)27-10-1-2-11(12(19)6-10)16-23-14(28-24-16)4-9(21)5-15(25)26/h1-3,6-7,9H,4-5,21H2,(H,25,26). The van der Waals surface area contributed by atoms with Crippen LogP contribution in [0.15, 0.2) is 35.0 Å². The molecule has 28 heavy (non-hydrogen) atoms. The lowest BCUT2D eigenvalue weighted by Gasteiger charge is -2.07. The molecule has 3 aromatic rings. The minimum absolute atomic E-state index is 0.00201. The molecule has 0 saturated carbocycles. The predicted octanol–water partition coefficient (Wildman–Crippen LogP) is 3.20. The quantitative estimate of drug-likeness (QED) is 0.608. The molecule has 0 spiro atoms. The molecular weight excluding hydrogens is 398 g/mol. The van der Waals surface area contributed by atoms with Gasteiger partial charge in [-0.25, -0.2) is 13.8 Å². The highest BCUT2D eigenvalue weighted by Crippen LogP contribution is 2.28. The summed E-state index contributed by atoms with van der Waals surface area (Å²) in [6.45, 7) is 0. The lowest BCUT2D eigenvalue weighted by Crippen LogP contribution is -2.26. The number of carbonyl (C=O) groups is 1. The molecule has 2 aromatic heterocycles. The molecule has 0 aliphatic heterocycles. The number of hydrogen-bond acceptors (Lipinski definition) is 7. The van der Waals surface area contributed by atoms with Crippen LogP contribution in [0.1, 0.15) is 12.3 Å². The van der Waals surface area contributed by atoms with Crippen LogP contribution in [-0.2, 0) is 11.2 Å². The number of nitrogens with two attached hydrogens (primary N) is 1. The molecule has 0 amide bonds. The van der Waals surface area contributed by atoms with Crippen LogP contribution in [0.4, 0.5) is 8.78 Å². The number of pyridine rings is 1. The number of halogens is 3. The monoisotopic (exact) mass is 410 g/mol. The molecule has 11 heteroatoms. The van der Waals surface area contributed by atoms with Gasteiger partial charge in [0.1, 0.15) is 11.6 Å². The van der Waals surface area contributed by atoms with Gasteiger partial charge in [-0.15, -0.1) is 0 Å². The Kier molecular flexibility index (Phi) is 5.81. The highest BCUT2D eigenvalue weighted by molar-refractivity contribution is 6.30. The smallest absolute Gasteiger partial charge is 0.304 e. The predicted molar refractivity (Wildman–Crippen MR) is 92.9 cm³/mol. The van der Waals surface area contributed by atoms with Crippen LogP contribution in [0.2, 0.25) is 5.02 Å². The molecule has 0 saturated heterocycles. The molecule has 1 aromatic carbocycles. The Labute approximate surface area is 161 Å². The third-order valence-corrected chi connectivity index (χ3v) is 3.72. The summed E-state index contributed by atoms with van der Waals surface area (Å²) in [7, 11) is 0. The lowest BCUT2D eigenvalue weighted by molar-refractivity contribution is -0.137. The van der Waals surface area contributed by atoms with Gasteiger partial charge in [0.05, 0.1) is 17.0 Å². The summed E-state index contributed by atoms with van der Waals surface area (Å²) in [5.41, 5.74) is 5.67. The van der Waals surface area contributed by atoms with E-state index in [9.17, 15) is 13.6 Å². The first kappa shape index (κ1) is 19.6. The van der Waals surface area contributed by atoms with Gasteiger partial charge in [0.15, 0.2) is 5.82 Å². The zero-order valence-corrected chi connectivity index (χ0v) is 14.9. The van der Waals surface area contributed by atoms with Crippen LogP contribution in [0.25, 0.3) is 11.4 Å². The van der Waals surface area contributed by atoms with E-state index in [1.165, 1.54) is 18.3 Å². The van der Waals surface area contributed by atoms with Crippen molar-refractivity contribution in [1.29, 1.82) is 0 Å². The Hall–Kier alpha value is -3.11. The largest absolute Gasteiger partial charge is 0.481 e. The topological polar surface area (TPSA) is 124 Å². The van der Waals surface area contributed by atoms with E-state index in [-0.39, 0.29) is 46.8 Å². The molecule has 1 atom stereocenters. The van der Waals surface area contributed by atoms with Crippen molar-refractivity contribution in [2.75, 3.05) is 0 Å². The van der Waals surface area contributed by atoms with E-state index in [4.69, 9.17) is 31.7 Å². The van der Waals surface area contributed by atoms with Crippen molar-refractivity contribution in [3.63, 3.8) is 0 Å². The SMILES string of the molecule is NC(CC(=O)O)Cc1nc(-c2ccc(Oc3ncc(Cl)cc3F)cc2F)no1. The van der Waals surface area contributed by atoms with Crippen LogP contribution in [0.5, 0.6) is 11.6 Å². The molecule has 8 nitrogen and oxygen atoms in total. The lowest BCUT2D eigenvalue weighted by atomic mass is 10.1. The van der Waals surface area contributed by atoms with Gasteiger partial charge in [-0.05, 0) is 18.2 Å². The highest BCUT2D eigenvalue weighted by atomic mass is 35.5. The van der Waals surface area contributed by atoms with Crippen molar-refractivity contribution < 1.29 is 27.9 Å². The Balaban J connectivity index is 1.75. The van der Waals surface area contributed by atoms with Gasteiger partial charge < -0.3 is 20.1 Å². The van der Waals surface area contributed by atoms with E-state index in [1.807, 2.05) is 0 Å². The Morgan fingerprint density at radius 3 is 2.79 bits per heavy atom.